The largest absolute Gasteiger partial charge is 0.478 e. The molecule has 6 nitrogen and oxygen atoms in total. The van der Waals surface area contributed by atoms with Crippen LogP contribution in [0.2, 0.25) is 0 Å². The monoisotopic (exact) mass is 458 g/mol. The zero-order valence-electron chi connectivity index (χ0n) is 18.9. The molecule has 1 amide bonds. The number of sulfone groups is 1. The Balaban J connectivity index is 0.997. The molecule has 3 aliphatic carbocycles. The highest BCUT2D eigenvalue weighted by atomic mass is 32.2. The Morgan fingerprint density at radius 2 is 1.94 bits per heavy atom. The third-order valence-corrected chi connectivity index (χ3v) is 9.30. The molecule has 5 unspecified atom stereocenters. The summed E-state index contributed by atoms with van der Waals surface area (Å²) in [7, 11) is -3.23. The second-order valence-electron chi connectivity index (χ2n) is 10.4. The number of fused-ring (bicyclic) bond motifs is 2. The lowest BCUT2D eigenvalue weighted by Gasteiger charge is -2.33. The molecule has 2 saturated carbocycles. The van der Waals surface area contributed by atoms with Crippen LogP contribution in [0, 0.1) is 35.5 Å². The van der Waals surface area contributed by atoms with Gasteiger partial charge in [-0.15, -0.1) is 0 Å². The lowest BCUT2D eigenvalue weighted by atomic mass is 9.88. The molecule has 7 heteroatoms. The van der Waals surface area contributed by atoms with Crippen LogP contribution in [0.4, 0.5) is 0 Å². The minimum absolute atomic E-state index is 0.212. The third-order valence-electron chi connectivity index (χ3n) is 8.20. The van der Waals surface area contributed by atoms with E-state index in [1.807, 2.05) is 0 Å². The van der Waals surface area contributed by atoms with E-state index in [4.69, 9.17) is 4.74 Å². The Kier molecular flexibility index (Phi) is 6.03. The van der Waals surface area contributed by atoms with Gasteiger partial charge in [-0.1, -0.05) is 12.2 Å². The molecule has 0 aromatic carbocycles. The first-order valence-corrected chi connectivity index (χ1v) is 14.0. The van der Waals surface area contributed by atoms with Crippen molar-refractivity contribution in [3.8, 4) is 5.88 Å². The Morgan fingerprint density at radius 3 is 2.56 bits per heavy atom. The number of piperidine rings is 1. The molecule has 32 heavy (non-hydrogen) atoms. The zero-order chi connectivity index (χ0) is 22.3. The predicted molar refractivity (Wildman–Crippen MR) is 122 cm³/mol. The van der Waals surface area contributed by atoms with Gasteiger partial charge in [0.05, 0.1) is 11.5 Å². The SMILES string of the molecule is CS(=O)(=O)c1ccc(OCCC2CC2C2CCN(C(=O)CC3CC4C=CC3C4)CC2)nc1. The van der Waals surface area contributed by atoms with Crippen molar-refractivity contribution in [3.05, 3.63) is 30.5 Å². The van der Waals surface area contributed by atoms with Crippen molar-refractivity contribution in [2.24, 2.45) is 35.5 Å². The van der Waals surface area contributed by atoms with E-state index in [9.17, 15) is 13.2 Å². The van der Waals surface area contributed by atoms with Gasteiger partial charge in [0.1, 0.15) is 0 Å². The summed E-state index contributed by atoms with van der Waals surface area (Å²) in [6.45, 7) is 2.47. The molecular weight excluding hydrogens is 424 g/mol. The first kappa shape index (κ1) is 21.9. The van der Waals surface area contributed by atoms with Crippen LogP contribution in [-0.4, -0.2) is 50.2 Å². The molecule has 4 aliphatic rings. The number of rotatable bonds is 8. The van der Waals surface area contributed by atoms with Gasteiger partial charge in [-0.05, 0) is 80.1 Å². The van der Waals surface area contributed by atoms with Crippen molar-refractivity contribution < 1.29 is 17.9 Å². The standard InChI is InChI=1S/C25H34N2O4S/c1-32(29,30)22-4-5-24(26-16-22)31-11-8-20-14-23(20)18-6-9-27(10-7-18)25(28)15-21-13-17-2-3-19(21)12-17/h2-5,16-21,23H,6-15H2,1H3. The van der Waals surface area contributed by atoms with Gasteiger partial charge in [0.15, 0.2) is 9.84 Å². The summed E-state index contributed by atoms with van der Waals surface area (Å²) in [5, 5.41) is 0. The summed E-state index contributed by atoms with van der Waals surface area (Å²) in [6, 6.07) is 3.17. The van der Waals surface area contributed by atoms with Crippen LogP contribution in [0.15, 0.2) is 35.4 Å². The van der Waals surface area contributed by atoms with Gasteiger partial charge in [-0.2, -0.15) is 0 Å². The molecule has 0 spiro atoms. The number of amides is 1. The summed E-state index contributed by atoms with van der Waals surface area (Å²) in [5.74, 6) is 5.05. The molecule has 1 aliphatic heterocycles. The highest BCUT2D eigenvalue weighted by molar-refractivity contribution is 7.90. The van der Waals surface area contributed by atoms with Crippen molar-refractivity contribution in [3.63, 3.8) is 0 Å². The van der Waals surface area contributed by atoms with E-state index in [0.717, 1.165) is 56.5 Å². The lowest BCUT2D eigenvalue weighted by molar-refractivity contribution is -0.133. The maximum Gasteiger partial charge on any atom is 0.222 e. The third kappa shape index (κ3) is 4.87. The number of carbonyl (C=O) groups is 1. The van der Waals surface area contributed by atoms with E-state index in [2.05, 4.69) is 22.0 Å². The van der Waals surface area contributed by atoms with Crippen LogP contribution >= 0.6 is 0 Å². The van der Waals surface area contributed by atoms with Crippen LogP contribution in [0.1, 0.15) is 44.9 Å². The molecule has 2 heterocycles. The maximum atomic E-state index is 12.8. The number of nitrogens with zero attached hydrogens (tertiary/aromatic N) is 2. The van der Waals surface area contributed by atoms with Crippen molar-refractivity contribution in [2.75, 3.05) is 26.0 Å². The van der Waals surface area contributed by atoms with Crippen LogP contribution in [0.25, 0.3) is 0 Å². The zero-order valence-corrected chi connectivity index (χ0v) is 19.7. The Morgan fingerprint density at radius 1 is 1.12 bits per heavy atom. The van der Waals surface area contributed by atoms with Crippen molar-refractivity contribution >= 4 is 15.7 Å². The molecule has 174 valence electrons. The molecule has 1 saturated heterocycles. The number of likely N-dealkylation sites (tertiary alicyclic amines) is 1. The number of aromatic nitrogens is 1. The summed E-state index contributed by atoms with van der Waals surface area (Å²) >= 11 is 0. The molecule has 0 N–H and O–H groups in total. The first-order chi connectivity index (χ1) is 15.4. The predicted octanol–water partition coefficient (Wildman–Crippen LogP) is 3.73. The lowest BCUT2D eigenvalue weighted by Crippen LogP contribution is -2.40. The van der Waals surface area contributed by atoms with E-state index >= 15 is 0 Å². The van der Waals surface area contributed by atoms with Crippen molar-refractivity contribution in [2.45, 2.75) is 49.8 Å². The minimum atomic E-state index is -3.23. The van der Waals surface area contributed by atoms with Gasteiger partial charge >= 0.3 is 0 Å². The second-order valence-corrected chi connectivity index (χ2v) is 12.4. The minimum Gasteiger partial charge on any atom is -0.478 e. The summed E-state index contributed by atoms with van der Waals surface area (Å²) in [4.78, 5) is 19.2. The van der Waals surface area contributed by atoms with E-state index in [1.165, 1.54) is 31.7 Å². The fourth-order valence-corrected chi connectivity index (χ4v) is 6.79. The molecule has 5 atom stereocenters. The summed E-state index contributed by atoms with van der Waals surface area (Å²) in [6.07, 6.45) is 15.0. The topological polar surface area (TPSA) is 76.6 Å². The van der Waals surface area contributed by atoms with E-state index in [-0.39, 0.29) is 4.90 Å². The van der Waals surface area contributed by atoms with Crippen LogP contribution in [-0.2, 0) is 14.6 Å². The van der Waals surface area contributed by atoms with E-state index < -0.39 is 9.84 Å². The Labute approximate surface area is 191 Å². The van der Waals surface area contributed by atoms with Gasteiger partial charge in [-0.25, -0.2) is 13.4 Å². The van der Waals surface area contributed by atoms with Crippen molar-refractivity contribution in [1.82, 2.24) is 9.88 Å². The molecule has 1 aromatic heterocycles. The van der Waals surface area contributed by atoms with Gasteiger partial charge in [0.25, 0.3) is 0 Å². The fourth-order valence-electron chi connectivity index (χ4n) is 6.23. The Hall–Kier alpha value is -1.89. The number of allylic oxidation sites excluding steroid dienone is 2. The molecular formula is C25H34N2O4S. The molecule has 3 fully saturated rings. The summed E-state index contributed by atoms with van der Waals surface area (Å²) in [5.41, 5.74) is 0. The smallest absolute Gasteiger partial charge is 0.222 e. The molecule has 2 bridgehead atoms. The summed E-state index contributed by atoms with van der Waals surface area (Å²) < 4.78 is 28.7. The van der Waals surface area contributed by atoms with Crippen LogP contribution in [0.5, 0.6) is 5.88 Å². The van der Waals surface area contributed by atoms with Gasteiger partial charge in [-0.3, -0.25) is 4.79 Å². The quantitative estimate of drug-likeness (QED) is 0.555. The number of carbonyl (C=O) groups excluding carboxylic acids is 1. The fraction of sp³-hybridized carbons (Fsp3) is 0.680. The van der Waals surface area contributed by atoms with E-state index in [1.54, 1.807) is 12.1 Å². The average Bonchev–Trinajstić information content (AvgIpc) is 3.23. The van der Waals surface area contributed by atoms with E-state index in [0.29, 0.717) is 36.1 Å². The average molecular weight is 459 g/mol. The number of pyridine rings is 1. The van der Waals surface area contributed by atoms with Gasteiger partial charge < -0.3 is 9.64 Å². The van der Waals surface area contributed by atoms with Gasteiger partial charge in [0.2, 0.25) is 11.8 Å². The number of hydrogen-bond acceptors (Lipinski definition) is 5. The number of hydrogen-bond donors (Lipinski definition) is 0. The first-order valence-electron chi connectivity index (χ1n) is 12.1. The van der Waals surface area contributed by atoms with Crippen LogP contribution in [0.3, 0.4) is 0 Å². The normalized spacial score (nSPS) is 31.8. The van der Waals surface area contributed by atoms with Crippen LogP contribution < -0.4 is 4.74 Å². The Bertz CT molecular complexity index is 966. The highest BCUT2D eigenvalue weighted by Crippen LogP contribution is 2.50. The van der Waals surface area contributed by atoms with Gasteiger partial charge in [0, 0.05) is 38.0 Å². The highest BCUT2D eigenvalue weighted by Gasteiger charge is 2.44. The number of ether oxygens (including phenoxy) is 1. The maximum absolute atomic E-state index is 12.8. The van der Waals surface area contributed by atoms with Crippen molar-refractivity contribution in [1.29, 1.82) is 0 Å². The second kappa shape index (κ2) is 8.81. The molecule has 1 aromatic rings. The molecule has 0 radical (unpaired) electrons. The molecule has 5 rings (SSSR count).